The molecule has 158 valence electrons. The van der Waals surface area contributed by atoms with Crippen molar-refractivity contribution in [2.75, 3.05) is 29.0 Å². The third kappa shape index (κ3) is 4.05. The molecule has 4 rings (SSSR count). The maximum absolute atomic E-state index is 13.4. The molecular formula is C21H24ClFN6O. The van der Waals surface area contributed by atoms with E-state index in [2.05, 4.69) is 20.9 Å². The Hall–Kier alpha value is -2.87. The van der Waals surface area contributed by atoms with Gasteiger partial charge in [0.15, 0.2) is 5.82 Å². The minimum absolute atomic E-state index is 0.0347. The topological polar surface area (TPSA) is 81.7 Å². The molecule has 1 saturated heterocycles. The number of carbonyl (C=O) groups is 1. The van der Waals surface area contributed by atoms with E-state index in [4.69, 9.17) is 16.6 Å². The second-order valence-corrected chi connectivity index (χ2v) is 9.00. The number of rotatable bonds is 1. The van der Waals surface area contributed by atoms with Crippen LogP contribution in [0, 0.1) is 5.82 Å². The fourth-order valence-electron chi connectivity index (χ4n) is 3.68. The van der Waals surface area contributed by atoms with E-state index in [1.54, 1.807) is 11.1 Å². The molecule has 0 radical (unpaired) electrons. The van der Waals surface area contributed by atoms with Gasteiger partial charge >= 0.3 is 6.03 Å². The first-order chi connectivity index (χ1) is 14.2. The number of aromatic nitrogens is 1. The standard InChI is InChI=1S/C21H24ClFN6O/c1-20(2,3)28-18-21(27-16-5-4-9-24-17(16)26-18)8-10-29(12-21)19(30)25-13-6-7-15(23)14(22)11-13/h4-7,9,11,27H,8,10,12H2,1-3H3,(H,25,30)(H,24,26,28). The summed E-state index contributed by atoms with van der Waals surface area (Å²) in [6.07, 6.45) is 2.41. The van der Waals surface area contributed by atoms with Crippen LogP contribution >= 0.6 is 11.6 Å². The van der Waals surface area contributed by atoms with Crippen LogP contribution < -0.4 is 16.0 Å². The summed E-state index contributed by atoms with van der Waals surface area (Å²) in [6, 6.07) is 7.66. The number of carbonyl (C=O) groups excluding carboxylic acids is 1. The van der Waals surface area contributed by atoms with Gasteiger partial charge < -0.3 is 20.9 Å². The van der Waals surface area contributed by atoms with Gasteiger partial charge in [-0.05, 0) is 57.5 Å². The largest absolute Gasteiger partial charge is 0.368 e. The number of fused-ring (bicyclic) bond motifs is 1. The van der Waals surface area contributed by atoms with Crippen molar-refractivity contribution in [2.24, 2.45) is 4.99 Å². The molecule has 1 fully saturated rings. The molecular weight excluding hydrogens is 407 g/mol. The van der Waals surface area contributed by atoms with Crippen molar-refractivity contribution in [3.63, 3.8) is 0 Å². The van der Waals surface area contributed by atoms with Crippen LogP contribution in [0.25, 0.3) is 0 Å². The van der Waals surface area contributed by atoms with Crippen molar-refractivity contribution >= 4 is 40.7 Å². The highest BCUT2D eigenvalue weighted by Gasteiger charge is 2.47. The van der Waals surface area contributed by atoms with Gasteiger partial charge in [-0.3, -0.25) is 4.99 Å². The number of anilines is 3. The number of pyridine rings is 1. The van der Waals surface area contributed by atoms with Crippen molar-refractivity contribution in [3.05, 3.63) is 47.4 Å². The summed E-state index contributed by atoms with van der Waals surface area (Å²) in [4.78, 5) is 23.8. The van der Waals surface area contributed by atoms with Crippen LogP contribution in [0.15, 0.2) is 41.5 Å². The minimum atomic E-state index is -0.541. The van der Waals surface area contributed by atoms with E-state index in [1.807, 2.05) is 32.9 Å². The molecule has 9 heteroatoms. The van der Waals surface area contributed by atoms with Crippen molar-refractivity contribution in [1.82, 2.24) is 9.88 Å². The summed E-state index contributed by atoms with van der Waals surface area (Å²) in [6.45, 7) is 7.04. The van der Waals surface area contributed by atoms with Crippen molar-refractivity contribution < 1.29 is 9.18 Å². The number of likely N-dealkylation sites (tertiary alicyclic amines) is 1. The van der Waals surface area contributed by atoms with E-state index in [0.29, 0.717) is 25.2 Å². The fraction of sp³-hybridized carbons (Fsp3) is 0.381. The molecule has 2 amide bonds. The number of hydrogen-bond donors (Lipinski definition) is 3. The highest BCUT2D eigenvalue weighted by Crippen LogP contribution is 2.36. The second kappa shape index (κ2) is 7.43. The maximum Gasteiger partial charge on any atom is 0.321 e. The van der Waals surface area contributed by atoms with Gasteiger partial charge in [-0.2, -0.15) is 0 Å². The maximum atomic E-state index is 13.4. The lowest BCUT2D eigenvalue weighted by Crippen LogP contribution is -2.55. The number of urea groups is 1. The first-order valence-corrected chi connectivity index (χ1v) is 10.1. The zero-order valence-corrected chi connectivity index (χ0v) is 17.8. The van der Waals surface area contributed by atoms with Gasteiger partial charge in [-0.25, -0.2) is 14.2 Å². The quantitative estimate of drug-likeness (QED) is 0.618. The Kier molecular flexibility index (Phi) is 5.05. The normalized spacial score (nSPS) is 21.9. The summed E-state index contributed by atoms with van der Waals surface area (Å²) >= 11 is 5.82. The smallest absolute Gasteiger partial charge is 0.321 e. The molecule has 2 aliphatic heterocycles. The molecule has 30 heavy (non-hydrogen) atoms. The Morgan fingerprint density at radius 3 is 2.90 bits per heavy atom. The predicted octanol–water partition coefficient (Wildman–Crippen LogP) is 4.59. The molecule has 7 nitrogen and oxygen atoms in total. The molecule has 0 saturated carbocycles. The van der Waals surface area contributed by atoms with E-state index < -0.39 is 11.4 Å². The Morgan fingerprint density at radius 2 is 2.17 bits per heavy atom. The van der Waals surface area contributed by atoms with E-state index in [1.165, 1.54) is 18.2 Å². The molecule has 1 aromatic carbocycles. The lowest BCUT2D eigenvalue weighted by molar-refractivity contribution is 0.221. The van der Waals surface area contributed by atoms with Crippen LogP contribution in [0.3, 0.4) is 0 Å². The van der Waals surface area contributed by atoms with Gasteiger partial charge in [-0.1, -0.05) is 11.6 Å². The van der Waals surface area contributed by atoms with Crippen LogP contribution in [0.4, 0.5) is 26.4 Å². The average molecular weight is 431 g/mol. The first kappa shape index (κ1) is 20.4. The Labute approximate surface area is 179 Å². The van der Waals surface area contributed by atoms with Crippen molar-refractivity contribution in [2.45, 2.75) is 38.3 Å². The van der Waals surface area contributed by atoms with Crippen LogP contribution in [0.5, 0.6) is 0 Å². The molecule has 3 N–H and O–H groups in total. The van der Waals surface area contributed by atoms with Crippen molar-refractivity contribution in [3.8, 4) is 0 Å². The lowest BCUT2D eigenvalue weighted by atomic mass is 9.93. The Bertz CT molecular complexity index is 1020. The molecule has 2 aromatic rings. The number of hydrogen-bond acceptors (Lipinski definition) is 4. The third-order valence-corrected chi connectivity index (χ3v) is 5.34. The summed E-state index contributed by atoms with van der Waals surface area (Å²) in [7, 11) is 0. The lowest BCUT2D eigenvalue weighted by Gasteiger charge is -2.39. The molecule has 1 spiro atoms. The monoisotopic (exact) mass is 430 g/mol. The average Bonchev–Trinajstić information content (AvgIpc) is 3.09. The number of amidine groups is 1. The number of nitrogens with zero attached hydrogens (tertiary/aromatic N) is 3. The van der Waals surface area contributed by atoms with Gasteiger partial charge in [0.1, 0.15) is 17.2 Å². The summed E-state index contributed by atoms with van der Waals surface area (Å²) < 4.78 is 13.4. The van der Waals surface area contributed by atoms with Gasteiger partial charge in [-0.15, -0.1) is 0 Å². The summed E-state index contributed by atoms with van der Waals surface area (Å²) in [5.41, 5.74) is 0.475. The Morgan fingerprint density at radius 1 is 1.37 bits per heavy atom. The van der Waals surface area contributed by atoms with Crippen LogP contribution in [0.2, 0.25) is 5.02 Å². The highest BCUT2D eigenvalue weighted by atomic mass is 35.5. The molecule has 1 aromatic heterocycles. The number of nitrogens with one attached hydrogen (secondary N) is 3. The van der Waals surface area contributed by atoms with Crippen LogP contribution in [-0.2, 0) is 0 Å². The minimum Gasteiger partial charge on any atom is -0.368 e. The number of aliphatic imine (C=N–C) groups is 1. The van der Waals surface area contributed by atoms with Crippen LogP contribution in [-0.4, -0.2) is 45.9 Å². The summed E-state index contributed by atoms with van der Waals surface area (Å²) in [5, 5.41) is 9.69. The van der Waals surface area contributed by atoms with E-state index in [9.17, 15) is 9.18 Å². The molecule has 0 aliphatic carbocycles. The second-order valence-electron chi connectivity index (χ2n) is 8.59. The number of halogens is 2. The zero-order valence-electron chi connectivity index (χ0n) is 17.1. The van der Waals surface area contributed by atoms with Gasteiger partial charge in [0.25, 0.3) is 0 Å². The molecule has 3 heterocycles. The zero-order chi connectivity index (χ0) is 21.5. The fourth-order valence-corrected chi connectivity index (χ4v) is 3.86. The van der Waals surface area contributed by atoms with Crippen molar-refractivity contribution in [1.29, 1.82) is 0 Å². The SMILES string of the molecule is CC(C)(C)N=C1Nc2ncccc2NC12CCN(C(=O)Nc1ccc(F)c(Cl)c1)C2. The van der Waals surface area contributed by atoms with Gasteiger partial charge in [0, 0.05) is 18.4 Å². The van der Waals surface area contributed by atoms with E-state index in [0.717, 1.165) is 17.3 Å². The molecule has 1 unspecified atom stereocenters. The summed E-state index contributed by atoms with van der Waals surface area (Å²) in [5.74, 6) is 0.957. The predicted molar refractivity (Wildman–Crippen MR) is 118 cm³/mol. The first-order valence-electron chi connectivity index (χ1n) is 9.77. The third-order valence-electron chi connectivity index (χ3n) is 5.05. The molecule has 2 aliphatic rings. The number of amides is 2. The van der Waals surface area contributed by atoms with Crippen LogP contribution in [0.1, 0.15) is 27.2 Å². The molecule has 0 bridgehead atoms. The number of benzene rings is 1. The Balaban J connectivity index is 1.58. The van der Waals surface area contributed by atoms with E-state index in [-0.39, 0.29) is 16.6 Å². The van der Waals surface area contributed by atoms with E-state index >= 15 is 0 Å². The molecule has 1 atom stereocenters. The van der Waals surface area contributed by atoms with Gasteiger partial charge in [0.05, 0.1) is 22.8 Å². The van der Waals surface area contributed by atoms with Gasteiger partial charge in [0.2, 0.25) is 0 Å². The highest BCUT2D eigenvalue weighted by molar-refractivity contribution is 6.31.